The molecular weight excluding hydrogens is 250 g/mol. The van der Waals surface area contributed by atoms with E-state index >= 15 is 0 Å². The summed E-state index contributed by atoms with van der Waals surface area (Å²) in [5.74, 6) is -0.903. The zero-order valence-electron chi connectivity index (χ0n) is 11.9. The number of aromatic nitrogens is 1. The molecular formula is C17H19NO2. The van der Waals surface area contributed by atoms with Gasteiger partial charge in [-0.15, -0.1) is 0 Å². The molecule has 1 aromatic carbocycles. The molecule has 104 valence electrons. The quantitative estimate of drug-likeness (QED) is 0.889. The summed E-state index contributed by atoms with van der Waals surface area (Å²) < 4.78 is 0. The van der Waals surface area contributed by atoms with Gasteiger partial charge >= 0.3 is 5.97 Å². The molecule has 20 heavy (non-hydrogen) atoms. The Morgan fingerprint density at radius 1 is 1.20 bits per heavy atom. The van der Waals surface area contributed by atoms with Crippen molar-refractivity contribution >= 4 is 5.97 Å². The highest BCUT2D eigenvalue weighted by molar-refractivity contribution is 5.96. The van der Waals surface area contributed by atoms with Gasteiger partial charge in [0, 0.05) is 11.8 Å². The van der Waals surface area contributed by atoms with Gasteiger partial charge in [0.05, 0.1) is 11.3 Å². The number of nitrogens with zero attached hydrogens (tertiary/aromatic N) is 1. The lowest BCUT2D eigenvalue weighted by Gasteiger charge is -2.11. The molecule has 0 aliphatic carbocycles. The minimum atomic E-state index is -0.903. The van der Waals surface area contributed by atoms with Crippen LogP contribution < -0.4 is 0 Å². The van der Waals surface area contributed by atoms with Gasteiger partial charge in [-0.1, -0.05) is 43.2 Å². The molecule has 0 spiro atoms. The maximum Gasteiger partial charge on any atom is 0.338 e. The summed E-state index contributed by atoms with van der Waals surface area (Å²) in [6, 6.07) is 9.61. The predicted molar refractivity (Wildman–Crippen MR) is 80.0 cm³/mol. The maximum absolute atomic E-state index is 11.6. The summed E-state index contributed by atoms with van der Waals surface area (Å²) in [7, 11) is 0. The number of hydrogen-bond donors (Lipinski definition) is 1. The maximum atomic E-state index is 11.6. The van der Waals surface area contributed by atoms with Crippen molar-refractivity contribution < 1.29 is 9.90 Å². The number of hydrogen-bond acceptors (Lipinski definition) is 2. The van der Waals surface area contributed by atoms with E-state index in [-0.39, 0.29) is 0 Å². The number of aryl methyl sites for hydroxylation is 2. The Hall–Kier alpha value is -2.16. The molecule has 0 aliphatic rings. The molecule has 1 aromatic heterocycles. The number of carboxylic acid groups (broad SMARTS) is 1. The summed E-state index contributed by atoms with van der Waals surface area (Å²) in [5, 5.41) is 9.52. The van der Waals surface area contributed by atoms with Crippen LogP contribution in [-0.4, -0.2) is 16.1 Å². The number of rotatable bonds is 5. The van der Waals surface area contributed by atoms with Crippen LogP contribution in [0.25, 0.3) is 11.3 Å². The standard InChI is InChI=1S/C17H19NO2/c1-3-4-5-13-10-11-18-16(15(13)17(19)20)14-8-6-12(2)7-9-14/h6-11H,3-5H2,1-2H3,(H,19,20). The summed E-state index contributed by atoms with van der Waals surface area (Å²) >= 11 is 0. The van der Waals surface area contributed by atoms with Crippen LogP contribution in [0, 0.1) is 6.92 Å². The fourth-order valence-electron chi connectivity index (χ4n) is 2.25. The highest BCUT2D eigenvalue weighted by Crippen LogP contribution is 2.25. The van der Waals surface area contributed by atoms with Gasteiger partial charge in [0.2, 0.25) is 0 Å². The molecule has 0 atom stereocenters. The van der Waals surface area contributed by atoms with Crippen molar-refractivity contribution in [1.29, 1.82) is 0 Å². The first kappa shape index (κ1) is 14.3. The molecule has 2 rings (SSSR count). The molecule has 0 radical (unpaired) electrons. The van der Waals surface area contributed by atoms with Gasteiger partial charge in [0.15, 0.2) is 0 Å². The van der Waals surface area contributed by atoms with E-state index in [4.69, 9.17) is 0 Å². The van der Waals surface area contributed by atoms with E-state index in [1.54, 1.807) is 6.20 Å². The number of unbranched alkanes of at least 4 members (excludes halogenated alkanes) is 1. The van der Waals surface area contributed by atoms with Crippen LogP contribution in [0.2, 0.25) is 0 Å². The second-order valence-electron chi connectivity index (χ2n) is 4.97. The van der Waals surface area contributed by atoms with Crippen molar-refractivity contribution in [2.75, 3.05) is 0 Å². The van der Waals surface area contributed by atoms with E-state index < -0.39 is 5.97 Å². The second-order valence-corrected chi connectivity index (χ2v) is 4.97. The largest absolute Gasteiger partial charge is 0.478 e. The molecule has 0 fully saturated rings. The number of benzene rings is 1. The topological polar surface area (TPSA) is 50.2 Å². The van der Waals surface area contributed by atoms with Crippen molar-refractivity contribution in [1.82, 2.24) is 4.98 Å². The Kier molecular flexibility index (Phi) is 4.51. The Bertz CT molecular complexity index is 603. The van der Waals surface area contributed by atoms with Gasteiger partial charge in [-0.2, -0.15) is 0 Å². The third-order valence-corrected chi connectivity index (χ3v) is 3.38. The molecule has 0 saturated carbocycles. The average Bonchev–Trinajstić information content (AvgIpc) is 2.45. The number of carboxylic acids is 1. The first-order valence-corrected chi connectivity index (χ1v) is 6.91. The summed E-state index contributed by atoms with van der Waals surface area (Å²) in [6.45, 7) is 4.11. The van der Waals surface area contributed by atoms with Crippen molar-refractivity contribution in [3.63, 3.8) is 0 Å². The minimum absolute atomic E-state index is 0.338. The zero-order valence-corrected chi connectivity index (χ0v) is 11.9. The smallest absolute Gasteiger partial charge is 0.338 e. The van der Waals surface area contributed by atoms with Gasteiger partial charge in [-0.05, 0) is 31.4 Å². The second kappa shape index (κ2) is 6.33. The molecule has 0 bridgehead atoms. The number of carbonyl (C=O) groups is 1. The number of aromatic carboxylic acids is 1. The molecule has 3 heteroatoms. The molecule has 3 nitrogen and oxygen atoms in total. The molecule has 1 N–H and O–H groups in total. The SMILES string of the molecule is CCCCc1ccnc(-c2ccc(C)cc2)c1C(=O)O. The monoisotopic (exact) mass is 269 g/mol. The van der Waals surface area contributed by atoms with Crippen LogP contribution in [0.5, 0.6) is 0 Å². The van der Waals surface area contributed by atoms with Crippen molar-refractivity contribution in [2.45, 2.75) is 33.1 Å². The van der Waals surface area contributed by atoms with Gasteiger partial charge < -0.3 is 5.11 Å². The Labute approximate surface area is 119 Å². The molecule has 0 saturated heterocycles. The molecule has 1 heterocycles. The van der Waals surface area contributed by atoms with Crippen LogP contribution in [0.3, 0.4) is 0 Å². The van der Waals surface area contributed by atoms with E-state index in [2.05, 4.69) is 11.9 Å². The van der Waals surface area contributed by atoms with Gasteiger partial charge in [-0.25, -0.2) is 4.79 Å². The number of pyridine rings is 1. The van der Waals surface area contributed by atoms with E-state index in [9.17, 15) is 9.90 Å². The first-order chi connectivity index (χ1) is 9.63. The Balaban J connectivity index is 2.51. The highest BCUT2D eigenvalue weighted by Gasteiger charge is 2.17. The van der Waals surface area contributed by atoms with Crippen LogP contribution in [0.1, 0.15) is 41.3 Å². The lowest BCUT2D eigenvalue weighted by molar-refractivity contribution is 0.0696. The van der Waals surface area contributed by atoms with Crippen molar-refractivity contribution in [3.8, 4) is 11.3 Å². The Morgan fingerprint density at radius 2 is 1.90 bits per heavy atom. The molecule has 2 aromatic rings. The Morgan fingerprint density at radius 3 is 2.50 bits per heavy atom. The van der Waals surface area contributed by atoms with E-state index in [0.717, 1.165) is 36.0 Å². The fourth-order valence-corrected chi connectivity index (χ4v) is 2.25. The van der Waals surface area contributed by atoms with Gasteiger partial charge in [0.25, 0.3) is 0 Å². The molecule has 0 unspecified atom stereocenters. The van der Waals surface area contributed by atoms with Crippen molar-refractivity contribution in [3.05, 3.63) is 53.2 Å². The van der Waals surface area contributed by atoms with Gasteiger partial charge in [0.1, 0.15) is 0 Å². The fraction of sp³-hybridized carbons (Fsp3) is 0.294. The third-order valence-electron chi connectivity index (χ3n) is 3.38. The van der Waals surface area contributed by atoms with E-state index in [0.29, 0.717) is 11.3 Å². The lowest BCUT2D eigenvalue weighted by Crippen LogP contribution is -2.07. The first-order valence-electron chi connectivity index (χ1n) is 6.91. The van der Waals surface area contributed by atoms with Crippen LogP contribution in [0.4, 0.5) is 0 Å². The third kappa shape index (κ3) is 3.05. The summed E-state index contributed by atoms with van der Waals surface area (Å²) in [4.78, 5) is 15.9. The van der Waals surface area contributed by atoms with Crippen LogP contribution in [0.15, 0.2) is 36.5 Å². The average molecular weight is 269 g/mol. The minimum Gasteiger partial charge on any atom is -0.478 e. The summed E-state index contributed by atoms with van der Waals surface area (Å²) in [5.41, 5.74) is 3.76. The summed E-state index contributed by atoms with van der Waals surface area (Å²) in [6.07, 6.45) is 4.50. The predicted octanol–water partition coefficient (Wildman–Crippen LogP) is 4.10. The normalized spacial score (nSPS) is 10.5. The van der Waals surface area contributed by atoms with E-state index in [1.807, 2.05) is 37.3 Å². The van der Waals surface area contributed by atoms with Crippen molar-refractivity contribution in [2.24, 2.45) is 0 Å². The van der Waals surface area contributed by atoms with Gasteiger partial charge in [-0.3, -0.25) is 4.98 Å². The zero-order chi connectivity index (χ0) is 14.5. The molecule has 0 aliphatic heterocycles. The van der Waals surface area contributed by atoms with Crippen LogP contribution in [-0.2, 0) is 6.42 Å². The highest BCUT2D eigenvalue weighted by atomic mass is 16.4. The van der Waals surface area contributed by atoms with E-state index in [1.165, 1.54) is 0 Å². The molecule has 0 amide bonds. The van der Waals surface area contributed by atoms with Crippen LogP contribution >= 0.6 is 0 Å². The lowest BCUT2D eigenvalue weighted by atomic mass is 9.97.